The zero-order valence-corrected chi connectivity index (χ0v) is 9.86. The topological polar surface area (TPSA) is 41.1 Å². The minimum Gasteiger partial charge on any atom is -0.360 e. The van der Waals surface area contributed by atoms with Gasteiger partial charge in [0.15, 0.2) is 5.11 Å². The monoisotopic (exact) mass is 224 g/mol. The Labute approximate surface area is 95.6 Å². The zero-order valence-electron chi connectivity index (χ0n) is 9.04. The Hall–Kier alpha value is -1.16. The molecule has 0 saturated carbocycles. The van der Waals surface area contributed by atoms with Crippen molar-refractivity contribution in [1.29, 1.82) is 0 Å². The standard InChI is InChI=1S/C11H16N2OS/c1-8(2)12-11(15)13-10(14)9-6-4-3-5-7-9/h4,6-8H,3,5H2,1-2H3,(H2,12,13,14,15). The molecule has 0 aromatic rings. The van der Waals surface area contributed by atoms with Crippen LogP contribution in [0, 0.1) is 0 Å². The van der Waals surface area contributed by atoms with Crippen LogP contribution < -0.4 is 10.6 Å². The minimum absolute atomic E-state index is 0.135. The van der Waals surface area contributed by atoms with Gasteiger partial charge in [-0.15, -0.1) is 0 Å². The van der Waals surface area contributed by atoms with Crippen LogP contribution in [0.3, 0.4) is 0 Å². The Morgan fingerprint density at radius 3 is 2.73 bits per heavy atom. The fourth-order valence-corrected chi connectivity index (χ4v) is 1.58. The van der Waals surface area contributed by atoms with Gasteiger partial charge in [-0.2, -0.15) is 0 Å². The van der Waals surface area contributed by atoms with Gasteiger partial charge >= 0.3 is 0 Å². The number of amides is 1. The highest BCUT2D eigenvalue weighted by atomic mass is 32.1. The molecule has 0 heterocycles. The molecular weight excluding hydrogens is 208 g/mol. The average molecular weight is 224 g/mol. The maximum absolute atomic E-state index is 11.6. The first-order valence-corrected chi connectivity index (χ1v) is 5.49. The molecule has 0 bridgehead atoms. The van der Waals surface area contributed by atoms with Crippen LogP contribution in [0.25, 0.3) is 0 Å². The third kappa shape index (κ3) is 4.25. The van der Waals surface area contributed by atoms with Crippen LogP contribution in [-0.4, -0.2) is 17.1 Å². The van der Waals surface area contributed by atoms with Gasteiger partial charge in [0, 0.05) is 11.6 Å². The van der Waals surface area contributed by atoms with E-state index < -0.39 is 0 Å². The lowest BCUT2D eigenvalue weighted by molar-refractivity contribution is -0.115. The number of thiocarbonyl (C=S) groups is 1. The van der Waals surface area contributed by atoms with Gasteiger partial charge in [0.25, 0.3) is 5.91 Å². The van der Waals surface area contributed by atoms with Gasteiger partial charge in [-0.25, -0.2) is 0 Å². The number of nitrogens with one attached hydrogen (secondary N) is 2. The fourth-order valence-electron chi connectivity index (χ4n) is 1.26. The molecule has 1 aliphatic carbocycles. The molecule has 0 unspecified atom stereocenters. The number of hydrogen-bond donors (Lipinski definition) is 2. The summed E-state index contributed by atoms with van der Waals surface area (Å²) in [5.41, 5.74) is 0.689. The van der Waals surface area contributed by atoms with E-state index in [0.29, 0.717) is 10.7 Å². The van der Waals surface area contributed by atoms with Crippen molar-refractivity contribution in [2.24, 2.45) is 0 Å². The second kappa shape index (κ2) is 5.66. The Bertz CT molecular complexity index is 319. The van der Waals surface area contributed by atoms with Gasteiger partial charge in [0.1, 0.15) is 0 Å². The van der Waals surface area contributed by atoms with Gasteiger partial charge in [0.05, 0.1) is 0 Å². The smallest absolute Gasteiger partial charge is 0.257 e. The number of carbonyl (C=O) groups excluding carboxylic acids is 1. The molecule has 1 rings (SSSR count). The Morgan fingerprint density at radius 2 is 2.20 bits per heavy atom. The van der Waals surface area contributed by atoms with E-state index in [1.54, 1.807) is 0 Å². The summed E-state index contributed by atoms with van der Waals surface area (Å²) in [6.45, 7) is 3.94. The van der Waals surface area contributed by atoms with E-state index in [4.69, 9.17) is 12.2 Å². The van der Waals surface area contributed by atoms with Crippen LogP contribution in [0.4, 0.5) is 0 Å². The molecule has 82 valence electrons. The summed E-state index contributed by atoms with van der Waals surface area (Å²) in [6.07, 6.45) is 7.67. The lowest BCUT2D eigenvalue weighted by atomic mass is 10.1. The van der Waals surface area contributed by atoms with Crippen LogP contribution in [0.5, 0.6) is 0 Å². The van der Waals surface area contributed by atoms with E-state index >= 15 is 0 Å². The number of carbonyl (C=O) groups is 1. The molecule has 0 aromatic carbocycles. The molecule has 3 nitrogen and oxygen atoms in total. The van der Waals surface area contributed by atoms with Crippen molar-refractivity contribution >= 4 is 23.2 Å². The highest BCUT2D eigenvalue weighted by Gasteiger charge is 2.10. The Kier molecular flexibility index (Phi) is 4.49. The maximum Gasteiger partial charge on any atom is 0.257 e. The average Bonchev–Trinajstić information content (AvgIpc) is 2.17. The Morgan fingerprint density at radius 1 is 1.47 bits per heavy atom. The van der Waals surface area contributed by atoms with Crippen molar-refractivity contribution in [1.82, 2.24) is 10.6 Å². The minimum atomic E-state index is -0.135. The zero-order chi connectivity index (χ0) is 11.3. The van der Waals surface area contributed by atoms with E-state index in [9.17, 15) is 4.79 Å². The van der Waals surface area contributed by atoms with Crippen molar-refractivity contribution < 1.29 is 4.79 Å². The molecule has 0 aliphatic heterocycles. The molecule has 4 heteroatoms. The third-order valence-corrected chi connectivity index (χ3v) is 2.12. The number of rotatable bonds is 2. The number of hydrogen-bond acceptors (Lipinski definition) is 2. The molecule has 1 amide bonds. The lowest BCUT2D eigenvalue weighted by Gasteiger charge is -2.13. The van der Waals surface area contributed by atoms with Crippen LogP contribution in [0.2, 0.25) is 0 Å². The van der Waals surface area contributed by atoms with Gasteiger partial charge in [0.2, 0.25) is 0 Å². The van der Waals surface area contributed by atoms with Crippen LogP contribution in [-0.2, 0) is 4.79 Å². The van der Waals surface area contributed by atoms with Crippen LogP contribution in [0.15, 0.2) is 23.8 Å². The molecule has 0 atom stereocenters. The van der Waals surface area contributed by atoms with E-state index in [1.807, 2.05) is 32.1 Å². The quantitative estimate of drug-likeness (QED) is 0.701. The first-order chi connectivity index (χ1) is 7.09. The van der Waals surface area contributed by atoms with E-state index in [-0.39, 0.29) is 11.9 Å². The van der Waals surface area contributed by atoms with Crippen molar-refractivity contribution in [3.8, 4) is 0 Å². The highest BCUT2D eigenvalue weighted by molar-refractivity contribution is 7.80. The van der Waals surface area contributed by atoms with Gasteiger partial charge < -0.3 is 5.32 Å². The predicted octanol–water partition coefficient (Wildman–Crippen LogP) is 1.66. The van der Waals surface area contributed by atoms with E-state index in [2.05, 4.69) is 10.6 Å². The van der Waals surface area contributed by atoms with Gasteiger partial charge in [-0.05, 0) is 38.9 Å². The predicted molar refractivity (Wildman–Crippen MR) is 65.5 cm³/mol. The molecular formula is C11H16N2OS. The molecule has 2 N–H and O–H groups in total. The van der Waals surface area contributed by atoms with E-state index in [0.717, 1.165) is 12.8 Å². The molecule has 15 heavy (non-hydrogen) atoms. The van der Waals surface area contributed by atoms with Gasteiger partial charge in [-0.1, -0.05) is 18.2 Å². The van der Waals surface area contributed by atoms with Crippen molar-refractivity contribution in [2.45, 2.75) is 32.7 Å². The maximum atomic E-state index is 11.6. The Balaban J connectivity index is 2.45. The summed E-state index contributed by atoms with van der Waals surface area (Å²) < 4.78 is 0. The van der Waals surface area contributed by atoms with E-state index in [1.165, 1.54) is 0 Å². The van der Waals surface area contributed by atoms with Crippen LogP contribution >= 0.6 is 12.2 Å². The summed E-state index contributed by atoms with van der Waals surface area (Å²) in [6, 6.07) is 0.230. The normalized spacial score (nSPS) is 14.7. The fraction of sp³-hybridized carbons (Fsp3) is 0.455. The highest BCUT2D eigenvalue weighted by Crippen LogP contribution is 2.09. The SMILES string of the molecule is CC(C)NC(=S)NC(=O)C1=CCCC=C1. The van der Waals surface area contributed by atoms with Crippen molar-refractivity contribution in [3.63, 3.8) is 0 Å². The summed E-state index contributed by atoms with van der Waals surface area (Å²) in [5, 5.41) is 5.99. The first kappa shape index (κ1) is 11.9. The summed E-state index contributed by atoms with van der Waals surface area (Å²) in [7, 11) is 0. The van der Waals surface area contributed by atoms with Gasteiger partial charge in [-0.3, -0.25) is 10.1 Å². The lowest BCUT2D eigenvalue weighted by Crippen LogP contribution is -2.42. The molecule has 0 radical (unpaired) electrons. The van der Waals surface area contributed by atoms with Crippen molar-refractivity contribution in [3.05, 3.63) is 23.8 Å². The molecule has 0 saturated heterocycles. The number of allylic oxidation sites excluding steroid dienone is 2. The summed E-state index contributed by atoms with van der Waals surface area (Å²) >= 11 is 4.98. The molecule has 0 spiro atoms. The molecule has 0 aromatic heterocycles. The largest absolute Gasteiger partial charge is 0.360 e. The molecule has 0 fully saturated rings. The summed E-state index contributed by atoms with van der Waals surface area (Å²) in [4.78, 5) is 11.6. The first-order valence-electron chi connectivity index (χ1n) is 5.08. The third-order valence-electron chi connectivity index (χ3n) is 1.90. The summed E-state index contributed by atoms with van der Waals surface area (Å²) in [5.74, 6) is -0.135. The second-order valence-electron chi connectivity index (χ2n) is 3.72. The second-order valence-corrected chi connectivity index (χ2v) is 4.13. The molecule has 1 aliphatic rings. The van der Waals surface area contributed by atoms with Crippen molar-refractivity contribution in [2.75, 3.05) is 0 Å². The van der Waals surface area contributed by atoms with Crippen LogP contribution in [0.1, 0.15) is 26.7 Å².